The summed E-state index contributed by atoms with van der Waals surface area (Å²) < 4.78 is 23.6. The maximum Gasteiger partial charge on any atom is 0.347 e. The molecule has 0 radical (unpaired) electrons. The highest BCUT2D eigenvalue weighted by atomic mass is 16.6. The van der Waals surface area contributed by atoms with Crippen LogP contribution in [0.15, 0.2) is 0 Å². The molecule has 32 heavy (non-hydrogen) atoms. The van der Waals surface area contributed by atoms with Gasteiger partial charge in [0, 0.05) is 12.8 Å². The molecular weight excluding hydrogens is 436 g/mol. The topological polar surface area (TPSA) is 186 Å². The summed E-state index contributed by atoms with van der Waals surface area (Å²) in [6, 6.07) is 0. The summed E-state index contributed by atoms with van der Waals surface area (Å²) >= 11 is 0. The van der Waals surface area contributed by atoms with Crippen molar-refractivity contribution in [3.8, 4) is 0 Å². The van der Waals surface area contributed by atoms with Gasteiger partial charge in [-0.2, -0.15) is 0 Å². The molecular formula is C19H26O13. The molecule has 2 atom stereocenters. The number of carbonyl (C=O) groups excluding carboxylic acids is 6. The van der Waals surface area contributed by atoms with E-state index in [1.807, 2.05) is 0 Å². The van der Waals surface area contributed by atoms with Crippen molar-refractivity contribution in [2.24, 2.45) is 0 Å². The van der Waals surface area contributed by atoms with Gasteiger partial charge in [0.15, 0.2) is 18.8 Å². The van der Waals surface area contributed by atoms with Crippen molar-refractivity contribution in [1.82, 2.24) is 0 Å². The zero-order chi connectivity index (χ0) is 24.7. The van der Waals surface area contributed by atoms with Gasteiger partial charge in [-0.3, -0.25) is 19.2 Å². The molecule has 0 aromatic carbocycles. The van der Waals surface area contributed by atoms with Crippen molar-refractivity contribution in [2.45, 2.75) is 52.2 Å². The van der Waals surface area contributed by atoms with Crippen LogP contribution in [0.3, 0.4) is 0 Å². The molecule has 2 unspecified atom stereocenters. The Bertz CT molecular complexity index is 712. The predicted molar refractivity (Wildman–Crippen MR) is 101 cm³/mol. The highest BCUT2D eigenvalue weighted by molar-refractivity contribution is 6.39. The zero-order valence-corrected chi connectivity index (χ0v) is 18.0. The van der Waals surface area contributed by atoms with Gasteiger partial charge in [0.2, 0.25) is 11.6 Å². The smallest absolute Gasteiger partial charge is 0.347 e. The molecule has 0 saturated carbocycles. The molecule has 0 amide bonds. The molecule has 0 aliphatic carbocycles. The number of ketones is 2. The number of ether oxygens (including phenoxy) is 5. The zero-order valence-electron chi connectivity index (χ0n) is 18.0. The second kappa shape index (κ2) is 15.5. The number of carboxylic acids is 1. The summed E-state index contributed by atoms with van der Waals surface area (Å²) in [7, 11) is 0. The molecule has 0 aromatic rings. The Morgan fingerprint density at radius 3 is 1.97 bits per heavy atom. The van der Waals surface area contributed by atoms with Crippen LogP contribution >= 0.6 is 0 Å². The summed E-state index contributed by atoms with van der Waals surface area (Å²) in [5.74, 6) is -6.65. The van der Waals surface area contributed by atoms with Crippen LogP contribution in [0.5, 0.6) is 0 Å². The van der Waals surface area contributed by atoms with Crippen molar-refractivity contribution >= 4 is 41.4 Å². The first-order valence-corrected chi connectivity index (χ1v) is 9.55. The third kappa shape index (κ3) is 13.1. The quantitative estimate of drug-likeness (QED) is 0.132. The number of hydrogen-bond acceptors (Lipinski definition) is 12. The minimum atomic E-state index is -1.40. The third-order valence-electron chi connectivity index (χ3n) is 3.49. The lowest BCUT2D eigenvalue weighted by Crippen LogP contribution is -2.32. The van der Waals surface area contributed by atoms with Crippen molar-refractivity contribution in [2.75, 3.05) is 26.4 Å². The van der Waals surface area contributed by atoms with E-state index >= 15 is 0 Å². The number of Topliss-reactive ketones (excluding diaryl/α,β-unsaturated/α-hetero) is 2. The van der Waals surface area contributed by atoms with Gasteiger partial charge >= 0.3 is 29.8 Å². The van der Waals surface area contributed by atoms with E-state index in [2.05, 4.69) is 4.74 Å². The minimum Gasteiger partial charge on any atom is -0.481 e. The van der Waals surface area contributed by atoms with Gasteiger partial charge in [-0.05, 0) is 13.8 Å². The summed E-state index contributed by atoms with van der Waals surface area (Å²) in [4.78, 5) is 79.2. The molecule has 13 heteroatoms. The van der Waals surface area contributed by atoms with Crippen molar-refractivity contribution in [1.29, 1.82) is 0 Å². The molecule has 0 spiro atoms. The fourth-order valence-electron chi connectivity index (χ4n) is 1.84. The van der Waals surface area contributed by atoms with Crippen LogP contribution in [-0.2, 0) is 57.2 Å². The van der Waals surface area contributed by atoms with E-state index in [-0.39, 0.29) is 19.6 Å². The SMILES string of the molecule is CCC(=O)OC(C)C(=O)OCC(=O)OCCOCC(=O)OC(C)C(=O)C(=O)CCC(=O)O. The van der Waals surface area contributed by atoms with E-state index in [4.69, 9.17) is 24.1 Å². The van der Waals surface area contributed by atoms with Crippen LogP contribution < -0.4 is 0 Å². The monoisotopic (exact) mass is 462 g/mol. The number of rotatable bonds is 16. The number of carbonyl (C=O) groups is 7. The van der Waals surface area contributed by atoms with E-state index < -0.39 is 79.7 Å². The van der Waals surface area contributed by atoms with Gasteiger partial charge < -0.3 is 28.8 Å². The molecule has 0 aliphatic heterocycles. The van der Waals surface area contributed by atoms with Gasteiger partial charge in [-0.1, -0.05) is 6.92 Å². The Morgan fingerprint density at radius 1 is 0.750 bits per heavy atom. The highest BCUT2D eigenvalue weighted by Crippen LogP contribution is 2.01. The molecule has 13 nitrogen and oxygen atoms in total. The number of aliphatic carboxylic acids is 1. The molecule has 0 bridgehead atoms. The Balaban J connectivity index is 3.99. The summed E-state index contributed by atoms with van der Waals surface area (Å²) in [6.07, 6.45) is -3.52. The molecule has 0 aliphatic rings. The van der Waals surface area contributed by atoms with Crippen molar-refractivity contribution in [3.63, 3.8) is 0 Å². The maximum atomic E-state index is 11.7. The number of hydrogen-bond donors (Lipinski definition) is 1. The van der Waals surface area contributed by atoms with Crippen LogP contribution in [-0.4, -0.2) is 85.2 Å². The van der Waals surface area contributed by atoms with Gasteiger partial charge in [-0.25, -0.2) is 14.4 Å². The summed E-state index contributed by atoms with van der Waals surface area (Å²) in [6.45, 7) is 2.16. The predicted octanol–water partition coefficient (Wildman–Crippen LogP) is -0.634. The average Bonchev–Trinajstić information content (AvgIpc) is 2.74. The molecule has 180 valence electrons. The molecule has 0 saturated heterocycles. The summed E-state index contributed by atoms with van der Waals surface area (Å²) in [5, 5.41) is 8.48. The van der Waals surface area contributed by atoms with Crippen molar-refractivity contribution in [3.05, 3.63) is 0 Å². The van der Waals surface area contributed by atoms with E-state index in [1.165, 1.54) is 6.92 Å². The fourth-order valence-corrected chi connectivity index (χ4v) is 1.84. The lowest BCUT2D eigenvalue weighted by Gasteiger charge is -2.12. The minimum absolute atomic E-state index is 0.0767. The third-order valence-corrected chi connectivity index (χ3v) is 3.49. The van der Waals surface area contributed by atoms with Crippen LogP contribution in [0.2, 0.25) is 0 Å². The molecule has 0 fully saturated rings. The maximum absolute atomic E-state index is 11.7. The normalized spacial score (nSPS) is 12.1. The standard InChI is InChI=1S/C19H26O13/c1-4-15(23)32-12(3)19(27)30-10-16(24)29-8-7-28-9-17(25)31-11(2)18(26)13(20)5-6-14(21)22/h11-12H,4-10H2,1-3H3,(H,21,22). The molecule has 1 N–H and O–H groups in total. The Kier molecular flexibility index (Phi) is 13.8. The first-order valence-electron chi connectivity index (χ1n) is 9.55. The van der Waals surface area contributed by atoms with E-state index in [0.717, 1.165) is 6.92 Å². The Morgan fingerprint density at radius 2 is 1.38 bits per heavy atom. The fraction of sp³-hybridized carbons (Fsp3) is 0.632. The van der Waals surface area contributed by atoms with Gasteiger partial charge in [0.05, 0.1) is 13.0 Å². The van der Waals surface area contributed by atoms with E-state index in [1.54, 1.807) is 6.92 Å². The van der Waals surface area contributed by atoms with Crippen LogP contribution in [0.1, 0.15) is 40.0 Å². The Hall–Kier alpha value is -3.35. The first-order chi connectivity index (χ1) is 15.0. The number of esters is 4. The molecule has 0 rings (SSSR count). The van der Waals surface area contributed by atoms with E-state index in [9.17, 15) is 33.6 Å². The molecule has 0 heterocycles. The lowest BCUT2D eigenvalue weighted by atomic mass is 10.1. The largest absolute Gasteiger partial charge is 0.481 e. The van der Waals surface area contributed by atoms with Gasteiger partial charge in [0.1, 0.15) is 13.2 Å². The second-order valence-corrected chi connectivity index (χ2v) is 6.18. The van der Waals surface area contributed by atoms with Gasteiger partial charge in [0.25, 0.3) is 0 Å². The average molecular weight is 462 g/mol. The van der Waals surface area contributed by atoms with Crippen molar-refractivity contribution < 1.29 is 62.4 Å². The van der Waals surface area contributed by atoms with Crippen LogP contribution in [0.25, 0.3) is 0 Å². The highest BCUT2D eigenvalue weighted by Gasteiger charge is 2.25. The van der Waals surface area contributed by atoms with Crippen LogP contribution in [0, 0.1) is 0 Å². The second-order valence-electron chi connectivity index (χ2n) is 6.18. The molecule has 0 aromatic heterocycles. The number of carboxylic acid groups (broad SMARTS) is 1. The first kappa shape index (κ1) is 28.6. The van der Waals surface area contributed by atoms with Gasteiger partial charge in [-0.15, -0.1) is 0 Å². The van der Waals surface area contributed by atoms with Crippen LogP contribution in [0.4, 0.5) is 0 Å². The Labute approximate surface area is 183 Å². The lowest BCUT2D eigenvalue weighted by molar-refractivity contribution is -0.171. The summed E-state index contributed by atoms with van der Waals surface area (Å²) in [5.41, 5.74) is 0. The van der Waals surface area contributed by atoms with E-state index in [0.29, 0.717) is 0 Å².